The SMILES string of the molecule is C[C@@H]1CC[C@H]2CC(=O)O[C@@H]3O[C@@]4(CCCc5ccc(Cl)cc5)CC[C@@H]1[C@]23OO4. The maximum absolute atomic E-state index is 12.2. The van der Waals surface area contributed by atoms with Crippen molar-refractivity contribution in [2.24, 2.45) is 17.8 Å². The summed E-state index contributed by atoms with van der Waals surface area (Å²) in [5, 5.41) is 0.745. The van der Waals surface area contributed by atoms with Crippen molar-refractivity contribution in [3.8, 4) is 0 Å². The molecule has 6 heteroatoms. The lowest BCUT2D eigenvalue weighted by atomic mass is 9.60. The van der Waals surface area contributed by atoms with Gasteiger partial charge in [0, 0.05) is 29.7 Å². The molecule has 4 heterocycles. The second-order valence-electron chi connectivity index (χ2n) is 8.95. The summed E-state index contributed by atoms with van der Waals surface area (Å²) in [4.78, 5) is 24.4. The van der Waals surface area contributed by atoms with E-state index in [0.717, 1.165) is 43.5 Å². The Kier molecular flexibility index (Phi) is 4.70. The molecule has 1 spiro atoms. The van der Waals surface area contributed by atoms with E-state index in [2.05, 4.69) is 6.92 Å². The summed E-state index contributed by atoms with van der Waals surface area (Å²) in [6, 6.07) is 7.92. The van der Waals surface area contributed by atoms with Crippen molar-refractivity contribution in [2.75, 3.05) is 0 Å². The molecule has 5 fully saturated rings. The van der Waals surface area contributed by atoms with Crippen molar-refractivity contribution in [3.63, 3.8) is 0 Å². The molecule has 5 nitrogen and oxygen atoms in total. The maximum atomic E-state index is 12.2. The monoisotopic (exact) mass is 406 g/mol. The number of benzene rings is 1. The van der Waals surface area contributed by atoms with Gasteiger partial charge in [-0.1, -0.05) is 30.7 Å². The van der Waals surface area contributed by atoms with E-state index in [1.165, 1.54) is 5.56 Å². The third-order valence-electron chi connectivity index (χ3n) is 7.33. The molecule has 1 saturated carbocycles. The molecular formula is C22H27ClO5. The number of ether oxygens (including phenoxy) is 2. The zero-order chi connectivity index (χ0) is 19.4. The van der Waals surface area contributed by atoms with E-state index in [1.54, 1.807) is 0 Å². The van der Waals surface area contributed by atoms with E-state index in [0.29, 0.717) is 24.7 Å². The first-order valence-corrected chi connectivity index (χ1v) is 10.9. The lowest BCUT2D eigenvalue weighted by Crippen LogP contribution is -2.68. The Balaban J connectivity index is 1.35. The molecule has 28 heavy (non-hydrogen) atoms. The van der Waals surface area contributed by atoms with Crippen LogP contribution in [0, 0.1) is 17.8 Å². The maximum Gasteiger partial charge on any atom is 0.308 e. The van der Waals surface area contributed by atoms with Crippen molar-refractivity contribution in [3.05, 3.63) is 34.9 Å². The van der Waals surface area contributed by atoms with Gasteiger partial charge in [0.15, 0.2) is 5.60 Å². The smallest absolute Gasteiger partial charge is 0.308 e. The van der Waals surface area contributed by atoms with Crippen LogP contribution in [0.4, 0.5) is 0 Å². The molecule has 4 saturated heterocycles. The number of rotatable bonds is 4. The van der Waals surface area contributed by atoms with Crippen molar-refractivity contribution < 1.29 is 24.0 Å². The van der Waals surface area contributed by atoms with Gasteiger partial charge in [-0.05, 0) is 55.7 Å². The standard InChI is InChI=1S/C22H27ClO5/c1-14-4-7-16-13-19(24)25-20-22(16)18(14)10-12-21(26-20,27-28-22)11-2-3-15-5-8-17(23)9-6-15/h5-6,8-9,14,16,18,20H,2-4,7,10-13H2,1H3/t14-,16+,18+,20-,21-,22-/m1/s1. The Morgan fingerprint density at radius 2 is 1.96 bits per heavy atom. The van der Waals surface area contributed by atoms with Crippen LogP contribution in [0.5, 0.6) is 0 Å². The van der Waals surface area contributed by atoms with E-state index >= 15 is 0 Å². The van der Waals surface area contributed by atoms with Gasteiger partial charge in [0.25, 0.3) is 0 Å². The van der Waals surface area contributed by atoms with Crippen LogP contribution in [-0.2, 0) is 30.5 Å². The molecule has 0 radical (unpaired) electrons. The Hall–Kier alpha value is -1.14. The lowest BCUT2D eigenvalue weighted by molar-refractivity contribution is -0.561. The number of halogens is 1. The molecular weight excluding hydrogens is 380 g/mol. The second kappa shape index (κ2) is 6.98. The fourth-order valence-electron chi connectivity index (χ4n) is 5.80. The molecule has 0 N–H and O–H groups in total. The predicted octanol–water partition coefficient (Wildman–Crippen LogP) is 4.81. The van der Waals surface area contributed by atoms with Crippen molar-refractivity contribution >= 4 is 17.6 Å². The molecule has 0 unspecified atom stereocenters. The number of hydrogen-bond donors (Lipinski definition) is 0. The second-order valence-corrected chi connectivity index (χ2v) is 9.39. The molecule has 6 rings (SSSR count). The number of hydrogen-bond acceptors (Lipinski definition) is 5. The summed E-state index contributed by atoms with van der Waals surface area (Å²) >= 11 is 5.97. The van der Waals surface area contributed by atoms with Crippen LogP contribution in [-0.4, -0.2) is 23.6 Å². The van der Waals surface area contributed by atoms with Gasteiger partial charge in [0.2, 0.25) is 12.1 Å². The van der Waals surface area contributed by atoms with E-state index in [4.69, 9.17) is 30.8 Å². The first-order chi connectivity index (χ1) is 13.5. The predicted molar refractivity (Wildman–Crippen MR) is 102 cm³/mol. The van der Waals surface area contributed by atoms with Gasteiger partial charge in [0.1, 0.15) is 0 Å². The molecule has 0 aromatic heterocycles. The molecule has 1 aliphatic carbocycles. The Morgan fingerprint density at radius 3 is 2.79 bits per heavy atom. The van der Waals surface area contributed by atoms with E-state index in [-0.39, 0.29) is 11.9 Å². The molecule has 5 aliphatic rings. The van der Waals surface area contributed by atoms with Crippen LogP contribution >= 0.6 is 11.6 Å². The molecule has 2 bridgehead atoms. The van der Waals surface area contributed by atoms with Gasteiger partial charge >= 0.3 is 5.97 Å². The largest absolute Gasteiger partial charge is 0.432 e. The molecule has 0 amide bonds. The molecule has 152 valence electrons. The summed E-state index contributed by atoms with van der Waals surface area (Å²) < 4.78 is 12.1. The van der Waals surface area contributed by atoms with Crippen LogP contribution in [0.1, 0.15) is 57.4 Å². The van der Waals surface area contributed by atoms with Gasteiger partial charge in [-0.15, -0.1) is 0 Å². The van der Waals surface area contributed by atoms with E-state index in [9.17, 15) is 4.79 Å². The number of fused-ring (bicyclic) bond motifs is 2. The van der Waals surface area contributed by atoms with E-state index in [1.807, 2.05) is 24.3 Å². The average Bonchev–Trinajstić information content (AvgIpc) is 2.93. The molecule has 1 aromatic carbocycles. The van der Waals surface area contributed by atoms with Crippen LogP contribution in [0.25, 0.3) is 0 Å². The minimum absolute atomic E-state index is 0.116. The summed E-state index contributed by atoms with van der Waals surface area (Å²) in [6.07, 6.45) is 6.06. The van der Waals surface area contributed by atoms with Crippen LogP contribution in [0.3, 0.4) is 0 Å². The van der Waals surface area contributed by atoms with Crippen molar-refractivity contribution in [1.29, 1.82) is 0 Å². The number of aryl methyl sites for hydroxylation is 1. The summed E-state index contributed by atoms with van der Waals surface area (Å²) in [6.45, 7) is 2.28. The zero-order valence-corrected chi connectivity index (χ0v) is 17.0. The average molecular weight is 407 g/mol. The first-order valence-electron chi connectivity index (χ1n) is 10.5. The summed E-state index contributed by atoms with van der Waals surface area (Å²) in [5.41, 5.74) is 0.593. The van der Waals surface area contributed by atoms with Crippen LogP contribution < -0.4 is 0 Å². The van der Waals surface area contributed by atoms with Gasteiger partial charge in [0.05, 0.1) is 6.42 Å². The highest BCUT2D eigenvalue weighted by molar-refractivity contribution is 6.30. The van der Waals surface area contributed by atoms with Gasteiger partial charge in [-0.25, -0.2) is 9.78 Å². The molecule has 1 aromatic rings. The fraction of sp³-hybridized carbons (Fsp3) is 0.682. The topological polar surface area (TPSA) is 54.0 Å². The summed E-state index contributed by atoms with van der Waals surface area (Å²) in [7, 11) is 0. The normalized spacial score (nSPS) is 41.9. The van der Waals surface area contributed by atoms with Crippen molar-refractivity contribution in [2.45, 2.75) is 76.0 Å². The lowest BCUT2D eigenvalue weighted by Gasteiger charge is -2.56. The van der Waals surface area contributed by atoms with Gasteiger partial charge in [-0.3, -0.25) is 4.79 Å². The van der Waals surface area contributed by atoms with Crippen LogP contribution in [0.2, 0.25) is 5.02 Å². The molecule has 6 atom stereocenters. The minimum Gasteiger partial charge on any atom is -0.432 e. The van der Waals surface area contributed by atoms with Gasteiger partial charge in [-0.2, -0.15) is 0 Å². The van der Waals surface area contributed by atoms with Gasteiger partial charge < -0.3 is 9.47 Å². The van der Waals surface area contributed by atoms with E-state index < -0.39 is 17.7 Å². The molecule has 4 aliphatic heterocycles. The Bertz CT molecular complexity index is 748. The third kappa shape index (κ3) is 2.98. The quantitative estimate of drug-likeness (QED) is 0.530. The highest BCUT2D eigenvalue weighted by Crippen LogP contribution is 2.59. The number of carbonyl (C=O) groups excluding carboxylic acids is 1. The number of esters is 1. The third-order valence-corrected chi connectivity index (χ3v) is 7.58. The Morgan fingerprint density at radius 1 is 1.14 bits per heavy atom. The fourth-order valence-corrected chi connectivity index (χ4v) is 5.93. The Labute approximate surface area is 170 Å². The zero-order valence-electron chi connectivity index (χ0n) is 16.2. The highest BCUT2D eigenvalue weighted by atomic mass is 35.5. The number of carbonyl (C=O) groups is 1. The minimum atomic E-state index is -0.832. The highest BCUT2D eigenvalue weighted by Gasteiger charge is 2.69. The van der Waals surface area contributed by atoms with Crippen molar-refractivity contribution in [1.82, 2.24) is 0 Å². The van der Waals surface area contributed by atoms with Crippen LogP contribution in [0.15, 0.2) is 24.3 Å². The first kappa shape index (κ1) is 18.9. The summed E-state index contributed by atoms with van der Waals surface area (Å²) in [5.74, 6) is -0.0936.